The molecule has 0 bridgehead atoms. The van der Waals surface area contributed by atoms with E-state index in [1.54, 1.807) is 13.2 Å². The Morgan fingerprint density at radius 2 is 2.22 bits per heavy atom. The second-order valence-electron chi connectivity index (χ2n) is 4.61. The first-order chi connectivity index (χ1) is 8.67. The number of methoxy groups -OCH3 is 1. The van der Waals surface area contributed by atoms with E-state index in [0.29, 0.717) is 12.3 Å². The molecule has 0 heterocycles. The van der Waals surface area contributed by atoms with Crippen molar-refractivity contribution in [1.82, 2.24) is 0 Å². The van der Waals surface area contributed by atoms with Crippen LogP contribution in [0, 0.1) is 12.7 Å². The predicted molar refractivity (Wildman–Crippen MR) is 69.4 cm³/mol. The number of halogens is 1. The lowest BCUT2D eigenvalue weighted by Gasteiger charge is -2.44. The van der Waals surface area contributed by atoms with E-state index in [1.165, 1.54) is 6.07 Å². The van der Waals surface area contributed by atoms with Gasteiger partial charge in [-0.1, -0.05) is 12.1 Å². The van der Waals surface area contributed by atoms with E-state index >= 15 is 0 Å². The molecular formula is C14H20FNO2. The minimum Gasteiger partial charge on any atom is -0.377 e. The fourth-order valence-electron chi connectivity index (χ4n) is 2.42. The minimum atomic E-state index is -0.218. The largest absolute Gasteiger partial charge is 0.377 e. The van der Waals surface area contributed by atoms with Crippen LogP contribution in [0.3, 0.4) is 0 Å². The maximum absolute atomic E-state index is 13.7. The summed E-state index contributed by atoms with van der Waals surface area (Å²) in [6, 6.07) is 5.19. The molecule has 1 aromatic carbocycles. The fourth-order valence-corrected chi connectivity index (χ4v) is 2.42. The van der Waals surface area contributed by atoms with Crippen molar-refractivity contribution in [2.24, 2.45) is 0 Å². The van der Waals surface area contributed by atoms with Gasteiger partial charge in [0.05, 0.1) is 17.8 Å². The summed E-state index contributed by atoms with van der Waals surface area (Å²) in [4.78, 5) is 0. The number of para-hydroxylation sites is 1. The number of ether oxygens (including phenoxy) is 2. The molecule has 1 aliphatic carbocycles. The smallest absolute Gasteiger partial charge is 0.146 e. The molecular weight excluding hydrogens is 233 g/mol. The minimum absolute atomic E-state index is 0.0102. The van der Waals surface area contributed by atoms with E-state index in [4.69, 9.17) is 9.47 Å². The van der Waals surface area contributed by atoms with Gasteiger partial charge in [0.2, 0.25) is 0 Å². The first-order valence-corrected chi connectivity index (χ1v) is 6.33. The number of nitrogens with one attached hydrogen (secondary N) is 1. The summed E-state index contributed by atoms with van der Waals surface area (Å²) in [6.07, 6.45) is 0.952. The molecule has 2 rings (SSSR count). The van der Waals surface area contributed by atoms with E-state index < -0.39 is 0 Å². The van der Waals surface area contributed by atoms with Gasteiger partial charge in [0, 0.05) is 13.7 Å². The molecule has 0 aromatic heterocycles. The third kappa shape index (κ3) is 2.49. The van der Waals surface area contributed by atoms with Crippen LogP contribution < -0.4 is 5.32 Å². The van der Waals surface area contributed by atoms with Crippen LogP contribution in [0.15, 0.2) is 18.2 Å². The lowest BCUT2D eigenvalue weighted by Crippen LogP contribution is -2.57. The molecule has 3 unspecified atom stereocenters. The van der Waals surface area contributed by atoms with Crippen molar-refractivity contribution in [2.45, 2.75) is 38.5 Å². The Balaban J connectivity index is 2.03. The van der Waals surface area contributed by atoms with Crippen molar-refractivity contribution < 1.29 is 13.9 Å². The lowest BCUT2D eigenvalue weighted by molar-refractivity contribution is -0.118. The zero-order chi connectivity index (χ0) is 13.1. The van der Waals surface area contributed by atoms with Crippen molar-refractivity contribution in [3.05, 3.63) is 29.6 Å². The van der Waals surface area contributed by atoms with Gasteiger partial charge in [-0.25, -0.2) is 4.39 Å². The van der Waals surface area contributed by atoms with Crippen LogP contribution in [-0.2, 0) is 9.47 Å². The fraction of sp³-hybridized carbons (Fsp3) is 0.571. The van der Waals surface area contributed by atoms with E-state index in [-0.39, 0.29) is 24.1 Å². The number of rotatable bonds is 5. The van der Waals surface area contributed by atoms with Crippen LogP contribution in [0.25, 0.3) is 0 Å². The first-order valence-electron chi connectivity index (χ1n) is 6.33. The highest BCUT2D eigenvalue weighted by Gasteiger charge is 2.42. The van der Waals surface area contributed by atoms with Crippen LogP contribution in [-0.4, -0.2) is 32.0 Å². The molecule has 1 saturated carbocycles. The van der Waals surface area contributed by atoms with Gasteiger partial charge in [-0.3, -0.25) is 0 Å². The highest BCUT2D eigenvalue weighted by Crippen LogP contribution is 2.31. The van der Waals surface area contributed by atoms with Crippen LogP contribution in [0.4, 0.5) is 10.1 Å². The summed E-state index contributed by atoms with van der Waals surface area (Å²) in [7, 11) is 1.67. The molecule has 1 aromatic rings. The molecule has 100 valence electrons. The average Bonchev–Trinajstić information content (AvgIpc) is 2.31. The molecule has 0 saturated heterocycles. The SMILES string of the molecule is CCOC1CC(Nc2c(C)cccc2F)C1OC. The molecule has 0 aliphatic heterocycles. The molecule has 1 N–H and O–H groups in total. The Kier molecular flexibility index (Phi) is 4.19. The highest BCUT2D eigenvalue weighted by molar-refractivity contribution is 5.53. The number of anilines is 1. The number of benzene rings is 1. The summed E-state index contributed by atoms with van der Waals surface area (Å²) < 4.78 is 24.7. The predicted octanol–water partition coefficient (Wildman–Crippen LogP) is 2.74. The molecule has 0 radical (unpaired) electrons. The van der Waals surface area contributed by atoms with Crippen molar-refractivity contribution in [2.75, 3.05) is 19.0 Å². The topological polar surface area (TPSA) is 30.5 Å². The lowest BCUT2D eigenvalue weighted by atomic mass is 9.84. The van der Waals surface area contributed by atoms with Gasteiger partial charge in [0.25, 0.3) is 0 Å². The summed E-state index contributed by atoms with van der Waals surface area (Å²) in [5, 5.41) is 3.22. The molecule has 3 atom stereocenters. The summed E-state index contributed by atoms with van der Waals surface area (Å²) >= 11 is 0. The molecule has 1 aliphatic rings. The van der Waals surface area contributed by atoms with Crippen LogP contribution in [0.5, 0.6) is 0 Å². The molecule has 3 nitrogen and oxygen atoms in total. The quantitative estimate of drug-likeness (QED) is 0.875. The van der Waals surface area contributed by atoms with Crippen LogP contribution in [0.2, 0.25) is 0 Å². The van der Waals surface area contributed by atoms with Crippen LogP contribution in [0.1, 0.15) is 18.9 Å². The molecule has 4 heteroatoms. The van der Waals surface area contributed by atoms with E-state index in [0.717, 1.165) is 12.0 Å². The Morgan fingerprint density at radius 1 is 1.44 bits per heavy atom. The second kappa shape index (κ2) is 5.67. The Hall–Kier alpha value is -1.13. The maximum Gasteiger partial charge on any atom is 0.146 e. The van der Waals surface area contributed by atoms with Gasteiger partial charge in [-0.2, -0.15) is 0 Å². The number of hydrogen-bond donors (Lipinski definition) is 1. The Labute approximate surface area is 107 Å². The molecule has 0 spiro atoms. The Morgan fingerprint density at radius 3 is 2.83 bits per heavy atom. The molecule has 0 amide bonds. The monoisotopic (exact) mass is 253 g/mol. The van der Waals surface area contributed by atoms with Gasteiger partial charge in [-0.05, 0) is 31.9 Å². The first kappa shape index (κ1) is 13.3. The summed E-state index contributed by atoms with van der Waals surface area (Å²) in [5.41, 5.74) is 1.48. The van der Waals surface area contributed by atoms with E-state index in [1.807, 2.05) is 19.9 Å². The zero-order valence-corrected chi connectivity index (χ0v) is 11.1. The number of hydrogen-bond acceptors (Lipinski definition) is 3. The van der Waals surface area contributed by atoms with Crippen molar-refractivity contribution in [1.29, 1.82) is 0 Å². The molecule has 1 fully saturated rings. The van der Waals surface area contributed by atoms with Crippen molar-refractivity contribution in [3.8, 4) is 0 Å². The van der Waals surface area contributed by atoms with Crippen molar-refractivity contribution in [3.63, 3.8) is 0 Å². The van der Waals surface area contributed by atoms with Gasteiger partial charge in [0.15, 0.2) is 0 Å². The van der Waals surface area contributed by atoms with Gasteiger partial charge < -0.3 is 14.8 Å². The van der Waals surface area contributed by atoms with E-state index in [9.17, 15) is 4.39 Å². The summed E-state index contributed by atoms with van der Waals surface area (Å²) in [5.74, 6) is -0.218. The van der Waals surface area contributed by atoms with Gasteiger partial charge in [0.1, 0.15) is 11.9 Å². The Bertz CT molecular complexity index is 391. The summed E-state index contributed by atoms with van der Waals surface area (Å²) in [6.45, 7) is 4.54. The normalized spacial score (nSPS) is 26.8. The molecule has 18 heavy (non-hydrogen) atoms. The van der Waals surface area contributed by atoms with Gasteiger partial charge in [-0.15, -0.1) is 0 Å². The third-order valence-corrected chi connectivity index (χ3v) is 3.45. The average molecular weight is 253 g/mol. The highest BCUT2D eigenvalue weighted by atomic mass is 19.1. The number of aryl methyl sites for hydroxylation is 1. The van der Waals surface area contributed by atoms with Crippen molar-refractivity contribution >= 4 is 5.69 Å². The maximum atomic E-state index is 13.7. The second-order valence-corrected chi connectivity index (χ2v) is 4.61. The third-order valence-electron chi connectivity index (χ3n) is 3.45. The zero-order valence-electron chi connectivity index (χ0n) is 11.1. The van der Waals surface area contributed by atoms with Gasteiger partial charge >= 0.3 is 0 Å². The standard InChI is InChI=1S/C14H20FNO2/c1-4-18-12-8-11(14(12)17-3)16-13-9(2)6-5-7-10(13)15/h5-7,11-12,14,16H,4,8H2,1-3H3. The van der Waals surface area contributed by atoms with Crippen LogP contribution >= 0.6 is 0 Å². The van der Waals surface area contributed by atoms with E-state index in [2.05, 4.69) is 5.32 Å².